The number of carboxylic acids is 1. The molecule has 0 aliphatic carbocycles. The lowest BCUT2D eigenvalue weighted by Gasteiger charge is -2.30. The van der Waals surface area contributed by atoms with Crippen LogP contribution in [0.3, 0.4) is 0 Å². The average Bonchev–Trinajstić information content (AvgIpc) is 3.21. The van der Waals surface area contributed by atoms with E-state index in [1.165, 1.54) is 23.3 Å². The molecule has 0 aromatic heterocycles. The molecule has 0 saturated heterocycles. The summed E-state index contributed by atoms with van der Waals surface area (Å²) in [7, 11) is 0. The van der Waals surface area contributed by atoms with E-state index in [-0.39, 0.29) is 5.82 Å². The molecule has 5 heteroatoms. The quantitative estimate of drug-likeness (QED) is 0.422. The van der Waals surface area contributed by atoms with Crippen molar-refractivity contribution in [3.8, 4) is 11.1 Å². The molecular formula is C30H34FNO3. The van der Waals surface area contributed by atoms with Crippen molar-refractivity contribution in [3.63, 3.8) is 0 Å². The van der Waals surface area contributed by atoms with Crippen LogP contribution in [0.15, 0.2) is 48.5 Å². The zero-order valence-corrected chi connectivity index (χ0v) is 21.4. The van der Waals surface area contributed by atoms with Crippen molar-refractivity contribution in [1.29, 1.82) is 0 Å². The summed E-state index contributed by atoms with van der Waals surface area (Å²) in [6.07, 6.45) is -1.08. The smallest absolute Gasteiger partial charge is 0.337 e. The number of aliphatic carboxylic acids is 1. The Bertz CT molecular complexity index is 1240. The van der Waals surface area contributed by atoms with Crippen molar-refractivity contribution in [1.82, 2.24) is 4.90 Å². The molecule has 4 nitrogen and oxygen atoms in total. The molecule has 4 rings (SSSR count). The van der Waals surface area contributed by atoms with E-state index in [0.717, 1.165) is 45.5 Å². The van der Waals surface area contributed by atoms with Crippen LogP contribution in [0.25, 0.3) is 11.1 Å². The van der Waals surface area contributed by atoms with Crippen LogP contribution in [0.1, 0.15) is 65.8 Å². The lowest BCUT2D eigenvalue weighted by Crippen LogP contribution is -2.28. The fourth-order valence-corrected chi connectivity index (χ4v) is 5.05. The number of carboxylic acid groups (broad SMARTS) is 1. The van der Waals surface area contributed by atoms with Gasteiger partial charge in [-0.3, -0.25) is 4.90 Å². The second-order valence-corrected chi connectivity index (χ2v) is 10.6. The fraction of sp³-hybridized carbons (Fsp3) is 0.367. The molecule has 1 heterocycles. The molecule has 1 aliphatic heterocycles. The Labute approximate surface area is 207 Å². The number of rotatable bonds is 6. The summed E-state index contributed by atoms with van der Waals surface area (Å²) in [5.41, 5.74) is 8.72. The monoisotopic (exact) mass is 475 g/mol. The highest BCUT2D eigenvalue weighted by Crippen LogP contribution is 2.43. The van der Waals surface area contributed by atoms with Crippen LogP contribution in [-0.4, -0.2) is 21.6 Å². The van der Waals surface area contributed by atoms with Gasteiger partial charge >= 0.3 is 5.97 Å². The predicted molar refractivity (Wildman–Crippen MR) is 137 cm³/mol. The SMILES string of the molecule is Cc1ccc(-c2c(C)c3c(c(C)c2C(OC(C)(C)C)C(=O)O)CN(Cc2ccc(F)cc2)C3)cc1. The van der Waals surface area contributed by atoms with E-state index in [1.54, 1.807) is 0 Å². The molecule has 3 aromatic rings. The molecule has 0 radical (unpaired) electrons. The molecule has 184 valence electrons. The van der Waals surface area contributed by atoms with E-state index >= 15 is 0 Å². The van der Waals surface area contributed by atoms with E-state index in [9.17, 15) is 14.3 Å². The summed E-state index contributed by atoms with van der Waals surface area (Å²) < 4.78 is 19.5. The Morgan fingerprint density at radius 3 is 2.09 bits per heavy atom. The van der Waals surface area contributed by atoms with Crippen molar-refractivity contribution in [3.05, 3.63) is 93.3 Å². The number of halogens is 1. The first-order valence-electron chi connectivity index (χ1n) is 12.0. The highest BCUT2D eigenvalue weighted by atomic mass is 19.1. The molecule has 35 heavy (non-hydrogen) atoms. The van der Waals surface area contributed by atoms with Gasteiger partial charge in [0.1, 0.15) is 5.82 Å². The van der Waals surface area contributed by atoms with Gasteiger partial charge in [-0.15, -0.1) is 0 Å². The molecule has 0 fully saturated rings. The minimum absolute atomic E-state index is 0.240. The summed E-state index contributed by atoms with van der Waals surface area (Å²) in [6, 6.07) is 14.9. The molecule has 3 aromatic carbocycles. The Morgan fingerprint density at radius 2 is 1.54 bits per heavy atom. The molecule has 0 spiro atoms. The van der Waals surface area contributed by atoms with E-state index in [2.05, 4.69) is 36.1 Å². The Kier molecular flexibility index (Phi) is 6.85. The summed E-state index contributed by atoms with van der Waals surface area (Å²) in [6.45, 7) is 14.0. The van der Waals surface area contributed by atoms with Crippen molar-refractivity contribution in [2.45, 2.75) is 72.9 Å². The van der Waals surface area contributed by atoms with Crippen LogP contribution in [0, 0.1) is 26.6 Å². The fourth-order valence-electron chi connectivity index (χ4n) is 5.05. The third-order valence-electron chi connectivity index (χ3n) is 6.70. The molecule has 1 atom stereocenters. The first kappa shape index (κ1) is 25.1. The number of carbonyl (C=O) groups is 1. The minimum Gasteiger partial charge on any atom is -0.479 e. The Hall–Kier alpha value is -3.02. The molecule has 0 bridgehead atoms. The van der Waals surface area contributed by atoms with Gasteiger partial charge in [0.25, 0.3) is 0 Å². The van der Waals surface area contributed by atoms with Crippen molar-refractivity contribution in [2.24, 2.45) is 0 Å². The summed E-state index contributed by atoms with van der Waals surface area (Å²) in [5, 5.41) is 10.3. The van der Waals surface area contributed by atoms with Crippen LogP contribution >= 0.6 is 0 Å². The van der Waals surface area contributed by atoms with Gasteiger partial charge in [0.2, 0.25) is 0 Å². The van der Waals surface area contributed by atoms with E-state index in [1.807, 2.05) is 46.8 Å². The zero-order chi connectivity index (χ0) is 25.5. The van der Waals surface area contributed by atoms with Gasteiger partial charge in [-0.05, 0) is 92.6 Å². The van der Waals surface area contributed by atoms with Crippen LogP contribution in [0.2, 0.25) is 0 Å². The zero-order valence-electron chi connectivity index (χ0n) is 21.4. The summed E-state index contributed by atoms with van der Waals surface area (Å²) in [4.78, 5) is 14.9. The van der Waals surface area contributed by atoms with Gasteiger partial charge in [0, 0.05) is 25.2 Å². The molecule has 1 N–H and O–H groups in total. The molecule has 0 saturated carbocycles. The second kappa shape index (κ2) is 9.56. The maximum absolute atomic E-state index is 13.4. The highest BCUT2D eigenvalue weighted by molar-refractivity contribution is 5.84. The normalized spacial score (nSPS) is 14.7. The van der Waals surface area contributed by atoms with Crippen LogP contribution in [0.4, 0.5) is 4.39 Å². The number of aryl methyl sites for hydroxylation is 1. The first-order valence-corrected chi connectivity index (χ1v) is 12.0. The number of fused-ring (bicyclic) bond motifs is 1. The van der Waals surface area contributed by atoms with E-state index < -0.39 is 17.7 Å². The Morgan fingerprint density at radius 1 is 0.971 bits per heavy atom. The van der Waals surface area contributed by atoms with Gasteiger partial charge in [-0.1, -0.05) is 42.0 Å². The molecule has 0 amide bonds. The number of benzene rings is 3. The lowest BCUT2D eigenvalue weighted by atomic mass is 9.83. The minimum atomic E-state index is -1.08. The number of hydrogen-bond acceptors (Lipinski definition) is 3. The van der Waals surface area contributed by atoms with Gasteiger partial charge in [-0.2, -0.15) is 0 Å². The third-order valence-corrected chi connectivity index (χ3v) is 6.70. The first-order chi connectivity index (χ1) is 16.4. The van der Waals surface area contributed by atoms with Crippen molar-refractivity contribution in [2.75, 3.05) is 0 Å². The van der Waals surface area contributed by atoms with Crippen molar-refractivity contribution >= 4 is 5.97 Å². The second-order valence-electron chi connectivity index (χ2n) is 10.6. The van der Waals surface area contributed by atoms with Crippen LogP contribution in [0.5, 0.6) is 0 Å². The maximum Gasteiger partial charge on any atom is 0.337 e. The van der Waals surface area contributed by atoms with E-state index in [0.29, 0.717) is 13.1 Å². The molecular weight excluding hydrogens is 441 g/mol. The predicted octanol–water partition coefficient (Wildman–Crippen LogP) is 6.87. The lowest BCUT2D eigenvalue weighted by molar-refractivity contribution is -0.160. The number of hydrogen-bond donors (Lipinski definition) is 1. The third kappa shape index (κ3) is 5.31. The molecule has 1 aliphatic rings. The number of ether oxygens (including phenoxy) is 1. The average molecular weight is 476 g/mol. The van der Waals surface area contributed by atoms with Crippen molar-refractivity contribution < 1.29 is 19.0 Å². The standard InChI is InChI=1S/C30H34FNO3/c1-18-7-11-22(12-8-18)26-19(2)24-16-32(15-21-9-13-23(31)14-10-21)17-25(24)20(3)27(26)28(29(33)34)35-30(4,5)6/h7-14,28H,15-17H2,1-6H3,(H,33,34). The summed E-state index contributed by atoms with van der Waals surface area (Å²) in [5.74, 6) is -1.23. The van der Waals surface area contributed by atoms with Gasteiger partial charge < -0.3 is 9.84 Å². The molecule has 1 unspecified atom stereocenters. The van der Waals surface area contributed by atoms with Gasteiger partial charge in [0.05, 0.1) is 5.60 Å². The van der Waals surface area contributed by atoms with Gasteiger partial charge in [-0.25, -0.2) is 9.18 Å². The van der Waals surface area contributed by atoms with E-state index in [4.69, 9.17) is 4.74 Å². The Balaban J connectivity index is 1.85. The van der Waals surface area contributed by atoms with Crippen LogP contribution in [-0.2, 0) is 29.2 Å². The number of nitrogens with zero attached hydrogens (tertiary/aromatic N) is 1. The topological polar surface area (TPSA) is 49.8 Å². The van der Waals surface area contributed by atoms with Gasteiger partial charge in [0.15, 0.2) is 6.10 Å². The summed E-state index contributed by atoms with van der Waals surface area (Å²) >= 11 is 0. The maximum atomic E-state index is 13.4. The largest absolute Gasteiger partial charge is 0.479 e. The van der Waals surface area contributed by atoms with Crippen LogP contribution < -0.4 is 0 Å². The highest BCUT2D eigenvalue weighted by Gasteiger charge is 2.35.